The van der Waals surface area contributed by atoms with Crippen LogP contribution in [0.15, 0.2) is 72.4 Å². The lowest BCUT2D eigenvalue weighted by molar-refractivity contribution is -0.135. The van der Waals surface area contributed by atoms with E-state index in [1.807, 2.05) is 54.6 Å². The minimum Gasteiger partial charge on any atom is -0.497 e. The van der Waals surface area contributed by atoms with Crippen LogP contribution in [0.2, 0.25) is 0 Å². The van der Waals surface area contributed by atoms with Crippen molar-refractivity contribution in [2.45, 2.75) is 12.5 Å². The first kappa shape index (κ1) is 24.6. The molecule has 1 fully saturated rings. The summed E-state index contributed by atoms with van der Waals surface area (Å²) >= 11 is 0. The highest BCUT2D eigenvalue weighted by Gasteiger charge is 2.34. The molecule has 8 nitrogen and oxygen atoms in total. The van der Waals surface area contributed by atoms with E-state index in [0.717, 1.165) is 48.8 Å². The van der Waals surface area contributed by atoms with Crippen LogP contribution in [0.4, 0.5) is 0 Å². The first-order valence-corrected chi connectivity index (χ1v) is 12.0. The van der Waals surface area contributed by atoms with E-state index in [9.17, 15) is 9.59 Å². The predicted molar refractivity (Wildman–Crippen MR) is 136 cm³/mol. The molecule has 35 heavy (non-hydrogen) atoms. The normalized spacial score (nSPS) is 18.7. The Kier molecular flexibility index (Phi) is 8.28. The molecule has 0 bridgehead atoms. The molecular weight excluding hydrogens is 442 g/mol. The van der Waals surface area contributed by atoms with Gasteiger partial charge in [0.1, 0.15) is 5.75 Å². The largest absolute Gasteiger partial charge is 0.497 e. The molecule has 0 spiro atoms. The average Bonchev–Trinajstić information content (AvgIpc) is 3.35. The number of hydrazone groups is 1. The van der Waals surface area contributed by atoms with Crippen LogP contribution in [0.3, 0.4) is 0 Å². The van der Waals surface area contributed by atoms with Gasteiger partial charge in [0.05, 0.1) is 32.0 Å². The molecular formula is C27H33N5O3. The summed E-state index contributed by atoms with van der Waals surface area (Å²) in [6, 6.07) is 17.7. The summed E-state index contributed by atoms with van der Waals surface area (Å²) in [5.41, 5.74) is 2.98. The van der Waals surface area contributed by atoms with E-state index in [4.69, 9.17) is 9.84 Å². The van der Waals surface area contributed by atoms with Crippen molar-refractivity contribution in [2.75, 3.05) is 52.9 Å². The fraction of sp³-hybridized carbons (Fsp3) is 0.370. The quantitative estimate of drug-likeness (QED) is 0.563. The summed E-state index contributed by atoms with van der Waals surface area (Å²) in [5.74, 6) is 0.760. The highest BCUT2D eigenvalue weighted by atomic mass is 16.5. The number of amides is 2. The topological polar surface area (TPSA) is 77.5 Å². The Labute approximate surface area is 206 Å². The van der Waals surface area contributed by atoms with Crippen molar-refractivity contribution in [1.82, 2.24) is 20.1 Å². The summed E-state index contributed by atoms with van der Waals surface area (Å²) in [6.07, 6.45) is 2.33. The molecule has 8 heteroatoms. The van der Waals surface area contributed by atoms with Crippen molar-refractivity contribution < 1.29 is 14.3 Å². The molecule has 2 aliphatic rings. The van der Waals surface area contributed by atoms with Crippen molar-refractivity contribution >= 4 is 17.5 Å². The van der Waals surface area contributed by atoms with Crippen molar-refractivity contribution in [2.24, 2.45) is 5.10 Å². The lowest BCUT2D eigenvalue weighted by Gasteiger charge is -2.34. The maximum absolute atomic E-state index is 13.4. The number of hydrogen-bond acceptors (Lipinski definition) is 6. The molecule has 2 amide bonds. The molecule has 0 radical (unpaired) electrons. The highest BCUT2D eigenvalue weighted by Crippen LogP contribution is 2.33. The zero-order valence-electron chi connectivity index (χ0n) is 20.2. The summed E-state index contributed by atoms with van der Waals surface area (Å²) in [5, 5.41) is 9.24. The molecule has 2 aromatic carbocycles. The molecule has 0 saturated carbocycles. The third-order valence-corrected chi connectivity index (χ3v) is 6.41. The number of carbonyl (C=O) groups excluding carboxylic acids is 2. The number of carbonyl (C=O) groups is 2. The Morgan fingerprint density at radius 1 is 1.03 bits per heavy atom. The second-order valence-corrected chi connectivity index (χ2v) is 8.79. The van der Waals surface area contributed by atoms with E-state index in [1.54, 1.807) is 18.2 Å². The van der Waals surface area contributed by atoms with Crippen molar-refractivity contribution in [1.29, 1.82) is 0 Å². The predicted octanol–water partition coefficient (Wildman–Crippen LogP) is 2.29. The lowest BCUT2D eigenvalue weighted by Crippen LogP contribution is -2.51. The number of ether oxygens (including phenoxy) is 1. The van der Waals surface area contributed by atoms with Gasteiger partial charge in [0.25, 0.3) is 5.91 Å². The number of nitrogens with zero attached hydrogens (tertiary/aromatic N) is 4. The van der Waals surface area contributed by atoms with Crippen LogP contribution in [-0.4, -0.2) is 85.3 Å². The Bertz CT molecular complexity index is 1050. The van der Waals surface area contributed by atoms with Crippen LogP contribution >= 0.6 is 0 Å². The van der Waals surface area contributed by atoms with Gasteiger partial charge in [0.2, 0.25) is 5.91 Å². The Hall–Kier alpha value is -3.49. The second kappa shape index (κ2) is 11.8. The van der Waals surface area contributed by atoms with Gasteiger partial charge in [0, 0.05) is 39.1 Å². The Balaban J connectivity index is 1.41. The molecule has 184 valence electrons. The molecule has 2 aliphatic heterocycles. The highest BCUT2D eigenvalue weighted by molar-refractivity contribution is 6.03. The van der Waals surface area contributed by atoms with Gasteiger partial charge in [-0.15, -0.1) is 6.58 Å². The van der Waals surface area contributed by atoms with Crippen molar-refractivity contribution in [3.8, 4) is 5.75 Å². The van der Waals surface area contributed by atoms with Gasteiger partial charge in [0.15, 0.2) is 0 Å². The molecule has 1 unspecified atom stereocenters. The van der Waals surface area contributed by atoms with Crippen LogP contribution in [-0.2, 0) is 9.59 Å². The summed E-state index contributed by atoms with van der Waals surface area (Å²) < 4.78 is 5.30. The minimum absolute atomic E-state index is 0.00314. The van der Waals surface area contributed by atoms with Gasteiger partial charge in [-0.05, 0) is 23.3 Å². The van der Waals surface area contributed by atoms with Gasteiger partial charge in [-0.2, -0.15) is 5.10 Å². The van der Waals surface area contributed by atoms with Gasteiger partial charge >= 0.3 is 0 Å². The maximum atomic E-state index is 13.4. The molecule has 2 aromatic rings. The SMILES string of the molecule is C=CCNC(=O)CN1CCN(CC(=O)N2N=C(c3ccccc3)CC2c2ccc(OC)cc2)CC1. The summed E-state index contributed by atoms with van der Waals surface area (Å²) in [6.45, 7) is 7.72. The smallest absolute Gasteiger partial charge is 0.257 e. The molecule has 0 aliphatic carbocycles. The monoisotopic (exact) mass is 475 g/mol. The molecule has 4 rings (SSSR count). The molecule has 1 N–H and O–H groups in total. The third-order valence-electron chi connectivity index (χ3n) is 6.41. The van der Waals surface area contributed by atoms with Gasteiger partial charge in [-0.25, -0.2) is 5.01 Å². The molecule has 1 atom stereocenters. The first-order chi connectivity index (χ1) is 17.1. The number of piperazine rings is 1. The van der Waals surface area contributed by atoms with Crippen molar-refractivity contribution in [3.63, 3.8) is 0 Å². The van der Waals surface area contributed by atoms with Crippen LogP contribution in [0.5, 0.6) is 5.75 Å². The maximum Gasteiger partial charge on any atom is 0.257 e. The van der Waals surface area contributed by atoms with Gasteiger partial charge in [-0.1, -0.05) is 48.5 Å². The fourth-order valence-electron chi connectivity index (χ4n) is 4.45. The van der Waals surface area contributed by atoms with Gasteiger partial charge in [-0.3, -0.25) is 19.4 Å². The van der Waals surface area contributed by atoms with E-state index in [0.29, 0.717) is 26.1 Å². The standard InChI is InChI=1S/C27H33N5O3/c1-3-13-28-26(33)19-30-14-16-31(17-15-30)20-27(34)32-25(22-9-11-23(35-2)12-10-22)18-24(29-32)21-7-5-4-6-8-21/h3-12,25H,1,13-20H2,2H3,(H,28,33). The number of nitrogens with one attached hydrogen (secondary N) is 1. The Morgan fingerprint density at radius 3 is 2.31 bits per heavy atom. The number of benzene rings is 2. The van der Waals surface area contributed by atoms with E-state index < -0.39 is 0 Å². The second-order valence-electron chi connectivity index (χ2n) is 8.79. The van der Waals surface area contributed by atoms with E-state index in [1.165, 1.54) is 0 Å². The van der Waals surface area contributed by atoms with Crippen molar-refractivity contribution in [3.05, 3.63) is 78.4 Å². The number of methoxy groups -OCH3 is 1. The zero-order chi connectivity index (χ0) is 24.6. The third kappa shape index (κ3) is 6.35. The zero-order valence-corrected chi connectivity index (χ0v) is 20.2. The first-order valence-electron chi connectivity index (χ1n) is 12.0. The summed E-state index contributed by atoms with van der Waals surface area (Å²) in [4.78, 5) is 29.7. The van der Waals surface area contributed by atoms with E-state index in [-0.39, 0.29) is 17.9 Å². The van der Waals surface area contributed by atoms with E-state index >= 15 is 0 Å². The Morgan fingerprint density at radius 2 is 1.69 bits per heavy atom. The fourth-order valence-corrected chi connectivity index (χ4v) is 4.45. The van der Waals surface area contributed by atoms with Gasteiger partial charge < -0.3 is 10.1 Å². The van der Waals surface area contributed by atoms with Crippen LogP contribution in [0.25, 0.3) is 0 Å². The van der Waals surface area contributed by atoms with Crippen LogP contribution in [0, 0.1) is 0 Å². The summed E-state index contributed by atoms with van der Waals surface area (Å²) in [7, 11) is 1.64. The van der Waals surface area contributed by atoms with Crippen LogP contribution in [0.1, 0.15) is 23.6 Å². The molecule has 0 aromatic heterocycles. The van der Waals surface area contributed by atoms with E-state index in [2.05, 4.69) is 21.7 Å². The lowest BCUT2D eigenvalue weighted by atomic mass is 9.98. The average molecular weight is 476 g/mol. The molecule has 1 saturated heterocycles. The molecule has 2 heterocycles. The minimum atomic E-state index is -0.154. The van der Waals surface area contributed by atoms with Crippen LogP contribution < -0.4 is 10.1 Å². The number of hydrogen-bond donors (Lipinski definition) is 1. The number of rotatable bonds is 9.